The molecule has 0 aliphatic rings. The summed E-state index contributed by atoms with van der Waals surface area (Å²) in [6.45, 7) is 4.09. The Morgan fingerprint density at radius 2 is 1.85 bits per heavy atom. The molecule has 0 fully saturated rings. The number of carbonyl (C=O) groups is 1. The number of hydrogen-bond acceptors (Lipinski definition) is 6. The molecule has 5 aromatic rings. The van der Waals surface area contributed by atoms with Crippen LogP contribution < -0.4 is 15.4 Å². The number of para-hydroxylation sites is 1. The molecular formula is C25H21N7O2. The lowest BCUT2D eigenvalue weighted by Crippen LogP contribution is -2.14. The molecule has 168 valence electrons. The van der Waals surface area contributed by atoms with Gasteiger partial charge in [0.2, 0.25) is 11.9 Å². The third-order valence-corrected chi connectivity index (χ3v) is 5.18. The Morgan fingerprint density at radius 3 is 2.68 bits per heavy atom. The number of imidazole rings is 2. The summed E-state index contributed by atoms with van der Waals surface area (Å²) in [5.74, 6) is 1.23. The number of nitrogens with zero attached hydrogens (tertiary/aromatic N) is 3. The number of nitrogens with one attached hydrogen (secondary N) is 4. The first-order chi connectivity index (χ1) is 16.6. The largest absolute Gasteiger partial charge is 0.497 e. The van der Waals surface area contributed by atoms with Gasteiger partial charge in [0.1, 0.15) is 11.4 Å². The Hall–Kier alpha value is -4.92. The Bertz CT molecular complexity index is 1490. The summed E-state index contributed by atoms with van der Waals surface area (Å²) in [5.41, 5.74) is 4.61. The lowest BCUT2D eigenvalue weighted by molar-refractivity contribution is 0.102. The number of rotatable bonds is 7. The van der Waals surface area contributed by atoms with Crippen molar-refractivity contribution in [3.8, 4) is 17.0 Å². The summed E-state index contributed by atoms with van der Waals surface area (Å²) < 4.78 is 5.28. The second-order valence-corrected chi connectivity index (χ2v) is 7.42. The summed E-state index contributed by atoms with van der Waals surface area (Å²) in [6, 6.07) is 18.5. The molecule has 0 saturated carbocycles. The van der Waals surface area contributed by atoms with Gasteiger partial charge in [0.15, 0.2) is 0 Å². The van der Waals surface area contributed by atoms with Crippen LogP contribution in [0.15, 0.2) is 79.6 Å². The van der Waals surface area contributed by atoms with Crippen molar-refractivity contribution in [3.63, 3.8) is 0 Å². The van der Waals surface area contributed by atoms with E-state index in [2.05, 4.69) is 42.1 Å². The molecule has 5 rings (SSSR count). The van der Waals surface area contributed by atoms with Crippen molar-refractivity contribution in [2.45, 2.75) is 0 Å². The fraction of sp³-hybridized carbons (Fsp3) is 0.0400. The molecule has 1 amide bonds. The predicted molar refractivity (Wildman–Crippen MR) is 132 cm³/mol. The summed E-state index contributed by atoms with van der Waals surface area (Å²) in [5, 5.41) is 5.91. The highest BCUT2D eigenvalue weighted by Crippen LogP contribution is 2.25. The van der Waals surface area contributed by atoms with Gasteiger partial charge in [-0.2, -0.15) is 0 Å². The Balaban J connectivity index is 1.38. The van der Waals surface area contributed by atoms with Gasteiger partial charge in [0, 0.05) is 29.2 Å². The van der Waals surface area contributed by atoms with Crippen LogP contribution in [0.1, 0.15) is 16.1 Å². The van der Waals surface area contributed by atoms with Crippen molar-refractivity contribution in [3.05, 3.63) is 90.9 Å². The lowest BCUT2D eigenvalue weighted by atomic mass is 10.1. The highest BCUT2D eigenvalue weighted by molar-refractivity contribution is 6.03. The van der Waals surface area contributed by atoms with E-state index in [0.29, 0.717) is 28.8 Å². The Kier molecular flexibility index (Phi) is 5.49. The molecule has 2 aromatic carbocycles. The molecule has 34 heavy (non-hydrogen) atoms. The molecule has 3 aromatic heterocycles. The van der Waals surface area contributed by atoms with Gasteiger partial charge < -0.3 is 20.0 Å². The van der Waals surface area contributed by atoms with Crippen molar-refractivity contribution in [1.82, 2.24) is 24.9 Å². The predicted octanol–water partition coefficient (Wildman–Crippen LogP) is 4.69. The number of aromatic amines is 2. The number of methoxy groups -OCH3 is 1. The molecule has 4 N–H and O–H groups in total. The molecule has 0 radical (unpaired) electrons. The van der Waals surface area contributed by atoms with E-state index >= 15 is 0 Å². The molecule has 0 aliphatic heterocycles. The number of anilines is 2. The van der Waals surface area contributed by atoms with Crippen LogP contribution in [0.25, 0.3) is 28.0 Å². The smallest absolute Gasteiger partial charge is 0.276 e. The number of carbonyl (C=O) groups excluding carboxylic acids is 1. The Labute approximate surface area is 195 Å². The first-order valence-electron chi connectivity index (χ1n) is 10.5. The van der Waals surface area contributed by atoms with Crippen LogP contribution in [0, 0.1) is 0 Å². The molecule has 0 spiro atoms. The van der Waals surface area contributed by atoms with Gasteiger partial charge in [-0.1, -0.05) is 36.9 Å². The van der Waals surface area contributed by atoms with E-state index in [1.807, 2.05) is 48.5 Å². The second-order valence-electron chi connectivity index (χ2n) is 7.42. The molecule has 0 bridgehead atoms. The number of benzene rings is 2. The topological polar surface area (TPSA) is 121 Å². The van der Waals surface area contributed by atoms with Gasteiger partial charge in [-0.3, -0.25) is 10.1 Å². The van der Waals surface area contributed by atoms with Crippen LogP contribution in [0.5, 0.6) is 5.75 Å². The maximum Gasteiger partial charge on any atom is 0.276 e. The van der Waals surface area contributed by atoms with Crippen molar-refractivity contribution in [1.29, 1.82) is 0 Å². The van der Waals surface area contributed by atoms with E-state index < -0.39 is 0 Å². The van der Waals surface area contributed by atoms with E-state index in [0.717, 1.165) is 22.4 Å². The molecule has 0 unspecified atom stereocenters. The number of pyridine rings is 1. The number of H-pyrrole nitrogens is 2. The maximum absolute atomic E-state index is 12.9. The fourth-order valence-corrected chi connectivity index (χ4v) is 3.55. The van der Waals surface area contributed by atoms with E-state index in [-0.39, 0.29) is 11.6 Å². The minimum atomic E-state index is -0.377. The third kappa shape index (κ3) is 4.22. The highest BCUT2D eigenvalue weighted by Gasteiger charge is 2.15. The average molecular weight is 451 g/mol. The molecule has 9 nitrogen and oxygen atoms in total. The first kappa shape index (κ1) is 21.0. The summed E-state index contributed by atoms with van der Waals surface area (Å²) in [6.07, 6.45) is 3.37. The summed E-state index contributed by atoms with van der Waals surface area (Å²) >= 11 is 0. The van der Waals surface area contributed by atoms with Crippen LogP contribution >= 0.6 is 0 Å². The first-order valence-corrected chi connectivity index (χ1v) is 10.5. The number of ether oxygens (including phenoxy) is 1. The zero-order valence-corrected chi connectivity index (χ0v) is 18.3. The van der Waals surface area contributed by atoms with E-state index in [1.165, 1.54) is 0 Å². The summed E-state index contributed by atoms with van der Waals surface area (Å²) in [7, 11) is 1.61. The van der Waals surface area contributed by atoms with E-state index in [9.17, 15) is 4.79 Å². The SMILES string of the molecule is C=C(Nc1ncc[nH]1)c1cccc2[nH]c(NC(=O)c3cccc(-c4cccc(OC)c4)n3)nc12. The van der Waals surface area contributed by atoms with Crippen LogP contribution in [-0.2, 0) is 0 Å². The molecule has 0 aliphatic carbocycles. The lowest BCUT2D eigenvalue weighted by Gasteiger charge is -2.07. The zero-order chi connectivity index (χ0) is 23.5. The minimum Gasteiger partial charge on any atom is -0.497 e. The van der Waals surface area contributed by atoms with Crippen molar-refractivity contribution >= 4 is 34.5 Å². The number of fused-ring (bicyclic) bond motifs is 1. The van der Waals surface area contributed by atoms with Gasteiger partial charge in [-0.15, -0.1) is 0 Å². The van der Waals surface area contributed by atoms with Gasteiger partial charge in [0.05, 0.1) is 23.8 Å². The van der Waals surface area contributed by atoms with Crippen molar-refractivity contribution in [2.24, 2.45) is 0 Å². The highest BCUT2D eigenvalue weighted by atomic mass is 16.5. The van der Waals surface area contributed by atoms with Crippen LogP contribution in [-0.4, -0.2) is 37.9 Å². The van der Waals surface area contributed by atoms with Crippen LogP contribution in [0.4, 0.5) is 11.9 Å². The zero-order valence-electron chi connectivity index (χ0n) is 18.3. The van der Waals surface area contributed by atoms with E-state index in [1.54, 1.807) is 31.6 Å². The standard InChI is InChI=1S/C25H21N7O2/c1-15(28-24-26-12-13-27-24)18-8-4-10-20-22(18)31-25(30-20)32-23(33)21-11-5-9-19(29-21)16-6-3-7-17(14-16)34-2/h3-14H,1H2,2H3,(H2,26,27,28)(H2,30,31,32,33). The van der Waals surface area contributed by atoms with Gasteiger partial charge in [-0.05, 0) is 30.3 Å². The van der Waals surface area contributed by atoms with Crippen LogP contribution in [0.3, 0.4) is 0 Å². The molecule has 0 atom stereocenters. The van der Waals surface area contributed by atoms with Gasteiger partial charge in [0.25, 0.3) is 5.91 Å². The van der Waals surface area contributed by atoms with E-state index in [4.69, 9.17) is 4.74 Å². The molecule has 0 saturated heterocycles. The van der Waals surface area contributed by atoms with Crippen molar-refractivity contribution in [2.75, 3.05) is 17.7 Å². The second kappa shape index (κ2) is 8.91. The third-order valence-electron chi connectivity index (χ3n) is 5.18. The normalized spacial score (nSPS) is 10.7. The minimum absolute atomic E-state index is 0.268. The number of aromatic nitrogens is 5. The summed E-state index contributed by atoms with van der Waals surface area (Å²) in [4.78, 5) is 32.3. The maximum atomic E-state index is 12.9. The quantitative estimate of drug-likeness (QED) is 0.285. The molecular weight excluding hydrogens is 430 g/mol. The van der Waals surface area contributed by atoms with Crippen LogP contribution in [0.2, 0.25) is 0 Å². The molecule has 3 heterocycles. The number of hydrogen-bond donors (Lipinski definition) is 4. The average Bonchev–Trinajstić information content (AvgIpc) is 3.53. The van der Waals surface area contributed by atoms with Crippen molar-refractivity contribution < 1.29 is 9.53 Å². The molecule has 9 heteroatoms. The number of amides is 1. The monoisotopic (exact) mass is 451 g/mol. The fourth-order valence-electron chi connectivity index (χ4n) is 3.55. The Morgan fingerprint density at radius 1 is 1.00 bits per heavy atom. The van der Waals surface area contributed by atoms with Gasteiger partial charge in [-0.25, -0.2) is 15.0 Å². The van der Waals surface area contributed by atoms with Gasteiger partial charge >= 0.3 is 0 Å².